The minimum atomic E-state index is -0.626. The zero-order valence-corrected chi connectivity index (χ0v) is 29.2. The van der Waals surface area contributed by atoms with Gasteiger partial charge in [0.05, 0.1) is 5.39 Å². The molecule has 0 unspecified atom stereocenters. The van der Waals surface area contributed by atoms with E-state index < -0.39 is 6.09 Å². The summed E-state index contributed by atoms with van der Waals surface area (Å²) in [6.07, 6.45) is 32.3. The van der Waals surface area contributed by atoms with E-state index in [1.807, 2.05) is 36.4 Å². The molecule has 0 fully saturated rings. The van der Waals surface area contributed by atoms with Gasteiger partial charge in [-0.2, -0.15) is 0 Å². The Kier molecular flexibility index (Phi) is 19.5. The van der Waals surface area contributed by atoms with Crippen molar-refractivity contribution < 1.29 is 18.7 Å². The second-order valence-corrected chi connectivity index (χ2v) is 11.4. The van der Waals surface area contributed by atoms with Crippen LogP contribution in [-0.4, -0.2) is 38.2 Å². The lowest BCUT2D eigenvalue weighted by Crippen LogP contribution is -2.37. The number of benzene rings is 2. The number of amides is 2. The van der Waals surface area contributed by atoms with Gasteiger partial charge in [-0.15, -0.1) is 0 Å². The van der Waals surface area contributed by atoms with Crippen molar-refractivity contribution in [2.75, 3.05) is 26.2 Å². The van der Waals surface area contributed by atoms with Gasteiger partial charge >= 0.3 is 6.09 Å². The molecule has 264 valence electrons. The number of hydrogen-bond donors (Lipinski definition) is 3. The van der Waals surface area contributed by atoms with Crippen LogP contribution in [0.4, 0.5) is 4.79 Å². The fourth-order valence-corrected chi connectivity index (χ4v) is 4.70. The van der Waals surface area contributed by atoms with Crippen LogP contribution >= 0.6 is 0 Å². The van der Waals surface area contributed by atoms with Gasteiger partial charge in [0.2, 0.25) is 5.91 Å². The maximum atomic E-state index is 12.7. The molecule has 3 aromatic rings. The van der Waals surface area contributed by atoms with E-state index in [1.54, 1.807) is 12.1 Å². The maximum Gasteiger partial charge on any atom is 0.412 e. The molecule has 3 N–H and O–H groups in total. The molecule has 8 heteroatoms. The quantitative estimate of drug-likeness (QED) is 0.0725. The fraction of sp³-hybridized carbons (Fsp3) is 0.310. The van der Waals surface area contributed by atoms with E-state index in [4.69, 9.17) is 9.15 Å². The van der Waals surface area contributed by atoms with Crippen molar-refractivity contribution in [1.29, 1.82) is 0 Å². The number of ether oxygens (including phenoxy) is 1. The highest BCUT2D eigenvalue weighted by Gasteiger charge is 2.10. The minimum Gasteiger partial charge on any atom is -0.456 e. The number of carbonyl (C=O) groups excluding carboxylic acids is 2. The first kappa shape index (κ1) is 39.2. The molecule has 8 nitrogen and oxygen atoms in total. The molecule has 0 bridgehead atoms. The molecule has 1 heterocycles. The predicted octanol–water partition coefficient (Wildman–Crippen LogP) is 8.73. The largest absolute Gasteiger partial charge is 0.456 e. The summed E-state index contributed by atoms with van der Waals surface area (Å²) in [5.41, 5.74) is 0.995. The molecule has 0 aliphatic rings. The van der Waals surface area contributed by atoms with Gasteiger partial charge in [0.1, 0.15) is 17.1 Å². The smallest absolute Gasteiger partial charge is 0.412 e. The van der Waals surface area contributed by atoms with E-state index in [0.717, 1.165) is 44.1 Å². The van der Waals surface area contributed by atoms with Crippen molar-refractivity contribution in [3.8, 4) is 17.1 Å². The Balaban J connectivity index is 1.16. The summed E-state index contributed by atoms with van der Waals surface area (Å²) in [7, 11) is 0. The van der Waals surface area contributed by atoms with Gasteiger partial charge in [0, 0.05) is 44.2 Å². The topological polar surface area (TPSA) is 110 Å². The van der Waals surface area contributed by atoms with Crippen LogP contribution in [-0.2, 0) is 4.79 Å². The molecule has 2 aromatic carbocycles. The highest BCUT2D eigenvalue weighted by molar-refractivity contribution is 5.81. The Labute approximate surface area is 296 Å². The number of fused-ring (bicyclic) bond motifs is 1. The molecule has 0 spiro atoms. The van der Waals surface area contributed by atoms with Crippen molar-refractivity contribution in [2.45, 2.75) is 58.3 Å². The van der Waals surface area contributed by atoms with E-state index in [1.165, 1.54) is 12.1 Å². The minimum absolute atomic E-state index is 0.00810. The zero-order chi connectivity index (χ0) is 35.5. The normalized spacial score (nSPS) is 12.1. The van der Waals surface area contributed by atoms with Gasteiger partial charge in [-0.3, -0.25) is 9.59 Å². The maximum absolute atomic E-state index is 12.7. The van der Waals surface area contributed by atoms with Crippen LogP contribution in [0.25, 0.3) is 22.3 Å². The molecule has 0 aliphatic carbocycles. The SMILES string of the molecule is CCC=CCC=CCC=CCC=CCC=CCC=CCCC(=O)NCCNCCNC(=O)Oc1ccc2oc(-c3ccccc3)cc(=O)c2c1. The molecule has 2 amide bonds. The monoisotopic (exact) mass is 677 g/mol. The summed E-state index contributed by atoms with van der Waals surface area (Å²) in [5.74, 6) is 0.727. The van der Waals surface area contributed by atoms with Crippen LogP contribution in [0, 0.1) is 0 Å². The fourth-order valence-electron chi connectivity index (χ4n) is 4.70. The molecule has 3 rings (SSSR count). The van der Waals surface area contributed by atoms with Crippen LogP contribution in [0.2, 0.25) is 0 Å². The van der Waals surface area contributed by atoms with Gasteiger partial charge in [0.25, 0.3) is 0 Å². The molecular weight excluding hydrogens is 626 g/mol. The second-order valence-electron chi connectivity index (χ2n) is 11.4. The molecule has 0 atom stereocenters. The molecular formula is C42H51N3O5. The van der Waals surface area contributed by atoms with Gasteiger partial charge in [-0.1, -0.05) is 110 Å². The molecule has 1 aromatic heterocycles. The lowest BCUT2D eigenvalue weighted by Gasteiger charge is -2.09. The molecule has 0 saturated heterocycles. The number of nitrogens with one attached hydrogen (secondary N) is 3. The Bertz CT molecular complexity index is 1680. The number of carbonyl (C=O) groups is 2. The Morgan fingerprint density at radius 1 is 0.680 bits per heavy atom. The zero-order valence-electron chi connectivity index (χ0n) is 29.2. The van der Waals surface area contributed by atoms with Gasteiger partial charge in [0.15, 0.2) is 5.43 Å². The third kappa shape index (κ3) is 16.8. The molecule has 0 radical (unpaired) electrons. The standard InChI is InChI=1S/C42H51N3O5/c1-2-3-4-5-6-7-8-9-10-11-12-13-14-15-16-17-18-19-23-26-41(47)44-31-29-43-30-32-45-42(48)49-36-27-28-39-37(33-36)38(46)34-40(50-39)35-24-21-20-22-25-35/h3-4,6-7,9-10,12-13,15-16,18-22,24-25,27-28,33-34,43H,2,5,8,11,14,17,23,26,29-32H2,1H3,(H,44,47)(H,45,48). The lowest BCUT2D eigenvalue weighted by molar-refractivity contribution is -0.120. The van der Waals surface area contributed by atoms with Crippen LogP contribution < -0.4 is 26.1 Å². The van der Waals surface area contributed by atoms with Crippen molar-refractivity contribution in [2.24, 2.45) is 0 Å². The Morgan fingerprint density at radius 3 is 1.88 bits per heavy atom. The van der Waals surface area contributed by atoms with E-state index in [-0.39, 0.29) is 17.1 Å². The van der Waals surface area contributed by atoms with E-state index in [0.29, 0.717) is 55.8 Å². The first-order valence-corrected chi connectivity index (χ1v) is 17.5. The van der Waals surface area contributed by atoms with Crippen molar-refractivity contribution >= 4 is 23.0 Å². The molecule has 50 heavy (non-hydrogen) atoms. The van der Waals surface area contributed by atoms with Crippen LogP contribution in [0.3, 0.4) is 0 Å². The van der Waals surface area contributed by atoms with Gasteiger partial charge < -0.3 is 25.1 Å². The summed E-state index contributed by atoms with van der Waals surface area (Å²) in [6.45, 7) is 4.07. The van der Waals surface area contributed by atoms with Crippen LogP contribution in [0.15, 0.2) is 137 Å². The van der Waals surface area contributed by atoms with Gasteiger partial charge in [-0.05, 0) is 63.1 Å². The number of rotatable bonds is 22. The van der Waals surface area contributed by atoms with Crippen molar-refractivity contribution in [3.05, 3.63) is 138 Å². The second kappa shape index (κ2) is 24.9. The van der Waals surface area contributed by atoms with Crippen molar-refractivity contribution in [3.63, 3.8) is 0 Å². The number of allylic oxidation sites excluding steroid dienone is 12. The summed E-state index contributed by atoms with van der Waals surface area (Å²) < 4.78 is 11.2. The van der Waals surface area contributed by atoms with Crippen LogP contribution in [0.5, 0.6) is 5.75 Å². The number of hydrogen-bond acceptors (Lipinski definition) is 6. The third-order valence-corrected chi connectivity index (χ3v) is 7.30. The molecule has 0 saturated carbocycles. The average molecular weight is 678 g/mol. The summed E-state index contributed by atoms with van der Waals surface area (Å²) in [4.78, 5) is 37.0. The first-order valence-electron chi connectivity index (χ1n) is 17.5. The summed E-state index contributed by atoms with van der Waals surface area (Å²) in [5, 5.41) is 9.06. The predicted molar refractivity (Wildman–Crippen MR) is 205 cm³/mol. The summed E-state index contributed by atoms with van der Waals surface area (Å²) >= 11 is 0. The lowest BCUT2D eigenvalue weighted by atomic mass is 10.1. The Morgan fingerprint density at radius 2 is 1.26 bits per heavy atom. The van der Waals surface area contributed by atoms with Crippen molar-refractivity contribution in [1.82, 2.24) is 16.0 Å². The Hall–Kier alpha value is -5.21. The highest BCUT2D eigenvalue weighted by atomic mass is 16.6. The average Bonchev–Trinajstić information content (AvgIpc) is 3.12. The van der Waals surface area contributed by atoms with Crippen LogP contribution in [0.1, 0.15) is 58.3 Å². The molecule has 0 aliphatic heterocycles. The highest BCUT2D eigenvalue weighted by Crippen LogP contribution is 2.24. The third-order valence-electron chi connectivity index (χ3n) is 7.30. The first-order chi connectivity index (χ1) is 24.6. The van der Waals surface area contributed by atoms with E-state index in [9.17, 15) is 14.4 Å². The van der Waals surface area contributed by atoms with Gasteiger partial charge in [-0.25, -0.2) is 4.79 Å². The summed E-state index contributed by atoms with van der Waals surface area (Å²) in [6, 6.07) is 15.5. The van der Waals surface area contributed by atoms with E-state index in [2.05, 4.69) is 89.7 Å². The van der Waals surface area contributed by atoms with E-state index >= 15 is 0 Å².